The summed E-state index contributed by atoms with van der Waals surface area (Å²) in [5, 5.41) is 4.42. The number of esters is 1. The summed E-state index contributed by atoms with van der Waals surface area (Å²) in [4.78, 5) is 49.3. The Hall–Kier alpha value is -5.03. The Morgan fingerprint density at radius 1 is 0.808 bits per heavy atom. The van der Waals surface area contributed by atoms with Crippen molar-refractivity contribution in [3.05, 3.63) is 78.6 Å². The van der Waals surface area contributed by atoms with Crippen LogP contribution in [0.3, 0.4) is 0 Å². The van der Waals surface area contributed by atoms with Crippen LogP contribution in [0.2, 0.25) is 0 Å². The van der Waals surface area contributed by atoms with Crippen LogP contribution < -0.4 is 5.32 Å². The molecule has 5 aromatic rings. The number of benzene rings is 2. The fraction of sp³-hybridized carbons (Fsp3) is 0.439. The quantitative estimate of drug-likeness (QED) is 0.151. The molecule has 0 unspecified atom stereocenters. The van der Waals surface area contributed by atoms with Gasteiger partial charge in [-0.25, -0.2) is 24.5 Å². The molecule has 4 atom stereocenters. The standard InChI is InChI=1S/C41H49N7O4/c1-24-17-34(48(23-24)38(50)52-40(6,7)8)35-42-21-32(46-35)27-11-9-26(10-12-27)28-13-15-30-29(18-28)14-16-31(45-30)33-22-43-36(47-33)41(19-25(2)20-44-41)37(49)51-39(3,4)5/h9-16,18,21-22,24-25,34,44H,17,19-20,23H2,1-8H3,(H,42,46)(H,43,47)/t24-,25-,34-,41-/m0/s1. The zero-order valence-corrected chi connectivity index (χ0v) is 31.3. The Morgan fingerprint density at radius 3 is 2.19 bits per heavy atom. The predicted molar refractivity (Wildman–Crippen MR) is 201 cm³/mol. The number of aromatic nitrogens is 5. The number of carbonyl (C=O) groups is 2. The number of rotatable bonds is 6. The molecule has 3 N–H and O–H groups in total. The predicted octanol–water partition coefficient (Wildman–Crippen LogP) is 8.17. The number of hydrogen-bond donors (Lipinski definition) is 3. The van der Waals surface area contributed by atoms with Gasteiger partial charge in [-0.15, -0.1) is 0 Å². The number of amides is 1. The molecule has 2 fully saturated rings. The molecule has 7 rings (SSSR count). The second-order valence-corrected chi connectivity index (χ2v) is 16.6. The number of imidazole rings is 2. The highest BCUT2D eigenvalue weighted by atomic mass is 16.6. The van der Waals surface area contributed by atoms with Gasteiger partial charge in [0.15, 0.2) is 5.54 Å². The van der Waals surface area contributed by atoms with E-state index in [4.69, 9.17) is 14.5 Å². The number of aromatic amines is 2. The molecule has 0 bridgehead atoms. The fourth-order valence-corrected chi connectivity index (χ4v) is 7.26. The van der Waals surface area contributed by atoms with Crippen molar-refractivity contribution < 1.29 is 19.1 Å². The van der Waals surface area contributed by atoms with E-state index in [1.807, 2.05) is 59.9 Å². The molecule has 5 heterocycles. The number of hydrogen-bond acceptors (Lipinski definition) is 8. The number of pyridine rings is 1. The normalized spacial score (nSPS) is 22.2. The Kier molecular flexibility index (Phi) is 8.97. The number of nitrogens with one attached hydrogen (secondary N) is 3. The molecule has 1 amide bonds. The van der Waals surface area contributed by atoms with Crippen molar-refractivity contribution in [2.75, 3.05) is 13.1 Å². The van der Waals surface area contributed by atoms with Crippen molar-refractivity contribution >= 4 is 23.0 Å². The molecule has 0 aliphatic carbocycles. The van der Waals surface area contributed by atoms with E-state index in [9.17, 15) is 9.59 Å². The third-order valence-corrected chi connectivity index (χ3v) is 9.68. The third-order valence-electron chi connectivity index (χ3n) is 9.68. The van der Waals surface area contributed by atoms with E-state index in [1.165, 1.54) is 0 Å². The largest absolute Gasteiger partial charge is 0.458 e. The van der Waals surface area contributed by atoms with Gasteiger partial charge in [-0.1, -0.05) is 50.2 Å². The van der Waals surface area contributed by atoms with E-state index in [1.54, 1.807) is 11.1 Å². The summed E-state index contributed by atoms with van der Waals surface area (Å²) in [6.07, 6.45) is 4.70. The topological polar surface area (TPSA) is 138 Å². The lowest BCUT2D eigenvalue weighted by atomic mass is 9.92. The van der Waals surface area contributed by atoms with Crippen molar-refractivity contribution in [3.8, 4) is 33.8 Å². The minimum Gasteiger partial charge on any atom is -0.458 e. The summed E-state index contributed by atoms with van der Waals surface area (Å²) in [7, 11) is 0. The summed E-state index contributed by atoms with van der Waals surface area (Å²) < 4.78 is 11.5. The van der Waals surface area contributed by atoms with E-state index in [0.717, 1.165) is 56.9 Å². The highest BCUT2D eigenvalue weighted by Gasteiger charge is 2.50. The molecule has 3 aromatic heterocycles. The van der Waals surface area contributed by atoms with Crippen LogP contribution in [0.1, 0.15) is 85.9 Å². The van der Waals surface area contributed by atoms with Gasteiger partial charge < -0.3 is 19.4 Å². The van der Waals surface area contributed by atoms with Crippen molar-refractivity contribution in [1.29, 1.82) is 0 Å². The molecular formula is C41H49N7O4. The average molecular weight is 704 g/mol. The van der Waals surface area contributed by atoms with Crippen molar-refractivity contribution in [3.63, 3.8) is 0 Å². The number of fused-ring (bicyclic) bond motifs is 1. The van der Waals surface area contributed by atoms with Crippen LogP contribution in [-0.4, -0.2) is 66.2 Å². The van der Waals surface area contributed by atoms with Gasteiger partial charge >= 0.3 is 12.1 Å². The molecule has 0 saturated carbocycles. The Morgan fingerprint density at radius 2 is 1.50 bits per heavy atom. The lowest BCUT2D eigenvalue weighted by molar-refractivity contribution is -0.163. The van der Waals surface area contributed by atoms with Gasteiger partial charge in [-0.05, 0) is 108 Å². The molecule has 0 spiro atoms. The molecule has 11 nitrogen and oxygen atoms in total. The van der Waals surface area contributed by atoms with Gasteiger partial charge in [0, 0.05) is 11.9 Å². The third kappa shape index (κ3) is 7.19. The lowest BCUT2D eigenvalue weighted by Crippen LogP contribution is -2.48. The number of carbonyl (C=O) groups excluding carboxylic acids is 2. The van der Waals surface area contributed by atoms with E-state index in [2.05, 4.69) is 81.6 Å². The van der Waals surface area contributed by atoms with Gasteiger partial charge in [0.05, 0.1) is 41.0 Å². The molecule has 2 aliphatic heterocycles. The molecule has 2 aliphatic rings. The zero-order chi connectivity index (χ0) is 37.0. The van der Waals surface area contributed by atoms with E-state index < -0.39 is 16.7 Å². The van der Waals surface area contributed by atoms with Gasteiger partial charge in [-0.2, -0.15) is 0 Å². The molecular weight excluding hydrogens is 654 g/mol. The van der Waals surface area contributed by atoms with Crippen LogP contribution in [0.5, 0.6) is 0 Å². The first-order valence-electron chi connectivity index (χ1n) is 18.2. The summed E-state index contributed by atoms with van der Waals surface area (Å²) in [5.41, 5.74) is 4.23. The number of likely N-dealkylation sites (tertiary alicyclic amines) is 1. The second-order valence-electron chi connectivity index (χ2n) is 16.6. The van der Waals surface area contributed by atoms with E-state index in [0.29, 0.717) is 37.2 Å². The molecule has 0 radical (unpaired) electrons. The minimum absolute atomic E-state index is 0.151. The summed E-state index contributed by atoms with van der Waals surface area (Å²) in [6, 6.07) is 18.5. The summed E-state index contributed by atoms with van der Waals surface area (Å²) in [5.74, 6) is 1.65. The highest BCUT2D eigenvalue weighted by molar-refractivity contribution is 5.87. The van der Waals surface area contributed by atoms with E-state index in [-0.39, 0.29) is 18.1 Å². The van der Waals surface area contributed by atoms with Crippen molar-refractivity contribution in [1.82, 2.24) is 35.1 Å². The SMILES string of the molecule is C[C@@H]1CN[C@](C(=O)OC(C)(C)C)(c2ncc(-c3ccc4cc(-c5ccc(-c6cnc([C@@H]7C[C@H](C)CN7C(=O)OC(C)(C)C)[nH]6)cc5)ccc4n3)[nH]2)C1. The Labute approximate surface area is 305 Å². The first-order valence-corrected chi connectivity index (χ1v) is 18.2. The summed E-state index contributed by atoms with van der Waals surface area (Å²) >= 11 is 0. The molecule has 52 heavy (non-hydrogen) atoms. The highest BCUT2D eigenvalue weighted by Crippen LogP contribution is 2.38. The smallest absolute Gasteiger partial charge is 0.410 e. The van der Waals surface area contributed by atoms with Crippen LogP contribution >= 0.6 is 0 Å². The minimum atomic E-state index is -1.02. The second kappa shape index (κ2) is 13.2. The van der Waals surface area contributed by atoms with Crippen molar-refractivity contribution in [2.24, 2.45) is 11.8 Å². The summed E-state index contributed by atoms with van der Waals surface area (Å²) in [6.45, 7) is 16.9. The number of nitrogens with zero attached hydrogens (tertiary/aromatic N) is 4. The van der Waals surface area contributed by atoms with Gasteiger partial charge in [0.1, 0.15) is 22.9 Å². The van der Waals surface area contributed by atoms with Gasteiger partial charge in [0.2, 0.25) is 0 Å². The van der Waals surface area contributed by atoms with Crippen LogP contribution in [0.25, 0.3) is 44.7 Å². The maximum absolute atomic E-state index is 13.4. The van der Waals surface area contributed by atoms with Crippen LogP contribution in [0, 0.1) is 11.8 Å². The Balaban J connectivity index is 1.07. The first kappa shape index (κ1) is 35.4. The zero-order valence-electron chi connectivity index (χ0n) is 31.3. The lowest BCUT2D eigenvalue weighted by Gasteiger charge is -2.30. The van der Waals surface area contributed by atoms with Gasteiger partial charge in [0.25, 0.3) is 0 Å². The molecule has 272 valence electrons. The first-order chi connectivity index (χ1) is 24.6. The molecule has 11 heteroatoms. The van der Waals surface area contributed by atoms with Crippen LogP contribution in [-0.2, 0) is 19.8 Å². The van der Waals surface area contributed by atoms with Crippen molar-refractivity contribution in [2.45, 2.75) is 91.0 Å². The van der Waals surface area contributed by atoms with E-state index >= 15 is 0 Å². The van der Waals surface area contributed by atoms with Crippen LogP contribution in [0.4, 0.5) is 4.79 Å². The average Bonchev–Trinajstić information content (AvgIpc) is 3.89. The van der Waals surface area contributed by atoms with Gasteiger partial charge in [-0.3, -0.25) is 10.2 Å². The fourth-order valence-electron chi connectivity index (χ4n) is 7.26. The monoisotopic (exact) mass is 703 g/mol. The number of ether oxygens (including phenoxy) is 2. The maximum atomic E-state index is 13.4. The maximum Gasteiger partial charge on any atom is 0.410 e. The van der Waals surface area contributed by atoms with Crippen LogP contribution in [0.15, 0.2) is 67.0 Å². The molecule has 2 aromatic carbocycles. The molecule has 2 saturated heterocycles. The Bertz CT molecular complexity index is 2110. The number of H-pyrrole nitrogens is 2.